The van der Waals surface area contributed by atoms with Crippen LogP contribution in [-0.4, -0.2) is 67.4 Å². The first-order chi connectivity index (χ1) is 25.4. The van der Waals surface area contributed by atoms with Crippen LogP contribution in [0, 0.1) is 0 Å². The van der Waals surface area contributed by atoms with E-state index in [2.05, 4.69) is 38.2 Å². The molecule has 1 N–H and O–H groups in total. The van der Waals surface area contributed by atoms with Crippen molar-refractivity contribution < 1.29 is 42.1 Å². The molecule has 7 nitrogen and oxygen atoms in total. The number of likely N-dealkylation sites (N-methyl/N-ethyl adjacent to an activating group) is 1. The third kappa shape index (κ3) is 43.9. The molecule has 0 radical (unpaired) electrons. The molecular formula is C43H78F3NO6. The number of aliphatic carboxylic acids is 1. The van der Waals surface area contributed by atoms with Gasteiger partial charge in [-0.3, -0.25) is 9.59 Å². The van der Waals surface area contributed by atoms with Crippen molar-refractivity contribution in [2.75, 3.05) is 27.2 Å². The maximum Gasteiger partial charge on any atom is 0.490 e. The van der Waals surface area contributed by atoms with E-state index in [0.717, 1.165) is 38.5 Å². The van der Waals surface area contributed by atoms with E-state index in [-0.39, 0.29) is 18.5 Å². The van der Waals surface area contributed by atoms with Crippen molar-refractivity contribution in [3.63, 3.8) is 0 Å². The Labute approximate surface area is 321 Å². The van der Waals surface area contributed by atoms with Gasteiger partial charge in [-0.1, -0.05) is 141 Å². The Kier molecular flexibility index (Phi) is 39.1. The van der Waals surface area contributed by atoms with Gasteiger partial charge in [0, 0.05) is 19.4 Å². The molecule has 0 saturated heterocycles. The van der Waals surface area contributed by atoms with Crippen molar-refractivity contribution in [3.05, 3.63) is 24.3 Å². The maximum absolute atomic E-state index is 12.4. The fourth-order valence-corrected chi connectivity index (χ4v) is 5.71. The standard InChI is InChI=1S/C41H77NO4.C2HF3O2/c1-5-7-9-11-13-15-17-19-21-23-25-27-29-31-33-35-40(43)45-38-39(37-42(3)4)46-41(44)36-34-32-30-28-26-24-22-20-18-16-14-12-10-8-6-2;3-2(4,5)1(6)7/h19-22,39H,5-18,23-38H2,1-4H3;(H,6,7)/b21-19-,22-20-;. The summed E-state index contributed by atoms with van der Waals surface area (Å²) in [5, 5.41) is 7.12. The average Bonchev–Trinajstić information content (AvgIpc) is 3.10. The molecule has 312 valence electrons. The van der Waals surface area contributed by atoms with Crippen LogP contribution in [0.15, 0.2) is 24.3 Å². The Morgan fingerprint density at radius 3 is 1.23 bits per heavy atom. The summed E-state index contributed by atoms with van der Waals surface area (Å²) < 4.78 is 42.9. The van der Waals surface area contributed by atoms with Gasteiger partial charge in [-0.15, -0.1) is 0 Å². The second-order valence-electron chi connectivity index (χ2n) is 14.5. The average molecular weight is 762 g/mol. The number of carboxylic acid groups (broad SMARTS) is 1. The Balaban J connectivity index is 0. The Bertz CT molecular complexity index is 907. The highest BCUT2D eigenvalue weighted by Gasteiger charge is 2.38. The molecule has 0 saturated carbocycles. The lowest BCUT2D eigenvalue weighted by molar-refractivity contribution is -0.192. The summed E-state index contributed by atoms with van der Waals surface area (Å²) in [7, 11) is 3.88. The number of rotatable bonds is 35. The minimum absolute atomic E-state index is 0.139. The highest BCUT2D eigenvalue weighted by atomic mass is 19.4. The minimum Gasteiger partial charge on any atom is -0.475 e. The molecule has 0 aromatic rings. The molecule has 0 fully saturated rings. The summed E-state index contributed by atoms with van der Waals surface area (Å²) in [4.78, 5) is 35.6. The zero-order chi connectivity index (χ0) is 39.8. The Morgan fingerprint density at radius 2 is 0.887 bits per heavy atom. The molecule has 0 bridgehead atoms. The number of hydrogen-bond acceptors (Lipinski definition) is 6. The molecule has 1 atom stereocenters. The molecule has 0 aliphatic heterocycles. The van der Waals surface area contributed by atoms with Crippen molar-refractivity contribution in [3.8, 4) is 0 Å². The van der Waals surface area contributed by atoms with E-state index >= 15 is 0 Å². The monoisotopic (exact) mass is 762 g/mol. The van der Waals surface area contributed by atoms with Gasteiger partial charge in [0.2, 0.25) is 0 Å². The number of hydrogen-bond donors (Lipinski definition) is 1. The molecule has 0 aromatic heterocycles. The second kappa shape index (κ2) is 39.3. The number of carboxylic acids is 1. The van der Waals surface area contributed by atoms with E-state index in [1.165, 1.54) is 128 Å². The second-order valence-corrected chi connectivity index (χ2v) is 14.5. The highest BCUT2D eigenvalue weighted by molar-refractivity contribution is 5.73. The van der Waals surface area contributed by atoms with Gasteiger partial charge in [-0.25, -0.2) is 4.79 Å². The summed E-state index contributed by atoms with van der Waals surface area (Å²) in [5.74, 6) is -3.13. The van der Waals surface area contributed by atoms with Gasteiger partial charge in [0.1, 0.15) is 12.7 Å². The van der Waals surface area contributed by atoms with Gasteiger partial charge in [-0.2, -0.15) is 13.2 Å². The van der Waals surface area contributed by atoms with Crippen LogP contribution in [0.2, 0.25) is 0 Å². The fourth-order valence-electron chi connectivity index (χ4n) is 5.71. The summed E-state index contributed by atoms with van der Waals surface area (Å²) in [6.07, 6.45) is 36.9. The first-order valence-corrected chi connectivity index (χ1v) is 21.0. The van der Waals surface area contributed by atoms with Gasteiger partial charge in [0.15, 0.2) is 0 Å². The number of carbonyl (C=O) groups excluding carboxylic acids is 2. The third-order valence-corrected chi connectivity index (χ3v) is 8.83. The van der Waals surface area contributed by atoms with Gasteiger partial charge >= 0.3 is 24.1 Å². The summed E-state index contributed by atoms with van der Waals surface area (Å²) in [6, 6.07) is 0. The number of nitrogens with zero attached hydrogens (tertiary/aromatic N) is 1. The first kappa shape index (κ1) is 52.7. The van der Waals surface area contributed by atoms with Gasteiger partial charge in [0.05, 0.1) is 0 Å². The molecule has 53 heavy (non-hydrogen) atoms. The van der Waals surface area contributed by atoms with E-state index < -0.39 is 18.2 Å². The minimum atomic E-state index is -5.08. The van der Waals surface area contributed by atoms with E-state index in [1.54, 1.807) is 0 Å². The molecule has 0 aliphatic rings. The first-order valence-electron chi connectivity index (χ1n) is 21.0. The number of allylic oxidation sites excluding steroid dienone is 4. The predicted molar refractivity (Wildman–Crippen MR) is 212 cm³/mol. The SMILES string of the molecule is CCCCCCCC/C=C\CCCCCCCC(=O)OCC(CN(C)C)OC(=O)CCCCCCC/C=C\CCCCCCCC.O=C(O)C(F)(F)F. The molecule has 0 amide bonds. The number of alkyl halides is 3. The van der Waals surface area contributed by atoms with Crippen molar-refractivity contribution >= 4 is 17.9 Å². The van der Waals surface area contributed by atoms with Crippen LogP contribution in [-0.2, 0) is 23.9 Å². The van der Waals surface area contributed by atoms with Crippen LogP contribution in [0.1, 0.15) is 194 Å². The lowest BCUT2D eigenvalue weighted by atomic mass is 10.1. The van der Waals surface area contributed by atoms with Crippen LogP contribution in [0.4, 0.5) is 13.2 Å². The van der Waals surface area contributed by atoms with Crippen molar-refractivity contribution in [2.24, 2.45) is 0 Å². The summed E-state index contributed by atoms with van der Waals surface area (Å²) in [5.41, 5.74) is 0. The molecule has 0 heterocycles. The smallest absolute Gasteiger partial charge is 0.475 e. The van der Waals surface area contributed by atoms with E-state index in [4.69, 9.17) is 19.4 Å². The molecule has 0 aliphatic carbocycles. The van der Waals surface area contributed by atoms with Crippen LogP contribution in [0.5, 0.6) is 0 Å². The normalized spacial score (nSPS) is 12.3. The topological polar surface area (TPSA) is 93.1 Å². The maximum atomic E-state index is 12.4. The number of ether oxygens (including phenoxy) is 2. The van der Waals surface area contributed by atoms with Gasteiger partial charge in [0.25, 0.3) is 0 Å². The lowest BCUT2D eigenvalue weighted by Crippen LogP contribution is -2.34. The van der Waals surface area contributed by atoms with Gasteiger partial charge < -0.3 is 19.5 Å². The molecular weight excluding hydrogens is 683 g/mol. The third-order valence-electron chi connectivity index (χ3n) is 8.83. The van der Waals surface area contributed by atoms with E-state index in [0.29, 0.717) is 19.4 Å². The highest BCUT2D eigenvalue weighted by Crippen LogP contribution is 2.14. The Morgan fingerprint density at radius 1 is 0.566 bits per heavy atom. The summed E-state index contributed by atoms with van der Waals surface area (Å²) in [6.45, 7) is 5.23. The lowest BCUT2D eigenvalue weighted by Gasteiger charge is -2.21. The molecule has 1 unspecified atom stereocenters. The number of halogens is 3. The van der Waals surface area contributed by atoms with Crippen LogP contribution in [0.3, 0.4) is 0 Å². The van der Waals surface area contributed by atoms with Crippen LogP contribution < -0.4 is 0 Å². The predicted octanol–water partition coefficient (Wildman–Crippen LogP) is 12.7. The largest absolute Gasteiger partial charge is 0.490 e. The van der Waals surface area contributed by atoms with Crippen LogP contribution >= 0.6 is 0 Å². The van der Waals surface area contributed by atoms with Crippen molar-refractivity contribution in [2.45, 2.75) is 206 Å². The number of esters is 2. The molecule has 0 rings (SSSR count). The van der Waals surface area contributed by atoms with Crippen LogP contribution in [0.25, 0.3) is 0 Å². The van der Waals surface area contributed by atoms with Gasteiger partial charge in [-0.05, 0) is 78.3 Å². The zero-order valence-corrected chi connectivity index (χ0v) is 34.2. The molecule has 0 aromatic carbocycles. The zero-order valence-electron chi connectivity index (χ0n) is 34.2. The molecule has 0 spiro atoms. The van der Waals surface area contributed by atoms with E-state index in [1.807, 2.05) is 19.0 Å². The fraction of sp³-hybridized carbons (Fsp3) is 0.837. The van der Waals surface area contributed by atoms with E-state index in [9.17, 15) is 22.8 Å². The molecule has 10 heteroatoms. The van der Waals surface area contributed by atoms with Crippen molar-refractivity contribution in [1.29, 1.82) is 0 Å². The summed E-state index contributed by atoms with van der Waals surface area (Å²) >= 11 is 0. The van der Waals surface area contributed by atoms with Crippen molar-refractivity contribution in [1.82, 2.24) is 4.90 Å². The quantitative estimate of drug-likeness (QED) is 0.0390. The Hall–Kier alpha value is -2.36. The number of unbranched alkanes of at least 4 members (excludes halogenated alkanes) is 22. The number of carbonyl (C=O) groups is 3.